The van der Waals surface area contributed by atoms with Crippen LogP contribution in [0.2, 0.25) is 0 Å². The van der Waals surface area contributed by atoms with E-state index in [0.717, 1.165) is 16.5 Å². The van der Waals surface area contributed by atoms with Crippen LogP contribution >= 0.6 is 12.2 Å². The summed E-state index contributed by atoms with van der Waals surface area (Å²) < 4.78 is 6.20. The van der Waals surface area contributed by atoms with Gasteiger partial charge in [0.05, 0.1) is 5.52 Å². The average Bonchev–Trinajstić information content (AvgIpc) is 2.46. The minimum atomic E-state index is 0.451. The zero-order chi connectivity index (χ0) is 13.1. The van der Waals surface area contributed by atoms with Crippen molar-refractivity contribution in [2.75, 3.05) is 0 Å². The van der Waals surface area contributed by atoms with Crippen LogP contribution in [-0.2, 0) is 6.61 Å². The van der Waals surface area contributed by atoms with Crippen molar-refractivity contribution in [3.05, 3.63) is 64.8 Å². The summed E-state index contributed by atoms with van der Waals surface area (Å²) in [7, 11) is 0. The third-order valence-corrected chi connectivity index (χ3v) is 3.13. The number of hydrogen-bond donors (Lipinski definition) is 1. The summed E-state index contributed by atoms with van der Waals surface area (Å²) in [5.74, 6) is 0. The maximum absolute atomic E-state index is 5.65. The molecule has 2 aromatic carbocycles. The molecule has 3 aromatic rings. The van der Waals surface area contributed by atoms with Crippen LogP contribution in [0.25, 0.3) is 10.9 Å². The van der Waals surface area contributed by atoms with Crippen molar-refractivity contribution in [1.82, 2.24) is 9.97 Å². The number of fused-ring (bicyclic) bond motifs is 1. The van der Waals surface area contributed by atoms with Gasteiger partial charge in [-0.3, -0.25) is 0 Å². The SMILES string of the molecule is S=c1nc(OCc2ccccc2)[nH]c2ccccc12. The smallest absolute Gasteiger partial charge is 0.295 e. The number of nitrogens with zero attached hydrogens (tertiary/aromatic N) is 1. The van der Waals surface area contributed by atoms with Gasteiger partial charge in [-0.15, -0.1) is 0 Å². The topological polar surface area (TPSA) is 37.9 Å². The Bertz CT molecular complexity index is 753. The van der Waals surface area contributed by atoms with Gasteiger partial charge in [0.15, 0.2) is 0 Å². The van der Waals surface area contributed by atoms with E-state index < -0.39 is 0 Å². The Balaban J connectivity index is 1.88. The van der Waals surface area contributed by atoms with E-state index in [1.54, 1.807) is 0 Å². The van der Waals surface area contributed by atoms with Crippen molar-refractivity contribution in [3.63, 3.8) is 0 Å². The molecular formula is C15H12N2OS. The molecule has 94 valence electrons. The molecule has 0 bridgehead atoms. The molecule has 1 N–H and O–H groups in total. The first-order chi connectivity index (χ1) is 9.33. The van der Waals surface area contributed by atoms with Crippen molar-refractivity contribution in [3.8, 4) is 6.01 Å². The lowest BCUT2D eigenvalue weighted by Crippen LogP contribution is -1.99. The normalized spacial score (nSPS) is 10.5. The Morgan fingerprint density at radius 2 is 1.74 bits per heavy atom. The van der Waals surface area contributed by atoms with Crippen LogP contribution in [0.3, 0.4) is 0 Å². The third-order valence-electron chi connectivity index (χ3n) is 2.82. The Kier molecular flexibility index (Phi) is 3.25. The fourth-order valence-corrected chi connectivity index (χ4v) is 2.13. The number of H-pyrrole nitrogens is 1. The second-order valence-electron chi connectivity index (χ2n) is 4.17. The predicted octanol–water partition coefficient (Wildman–Crippen LogP) is 3.87. The van der Waals surface area contributed by atoms with Crippen LogP contribution in [0.5, 0.6) is 6.01 Å². The molecule has 0 unspecified atom stereocenters. The van der Waals surface area contributed by atoms with E-state index in [0.29, 0.717) is 17.3 Å². The van der Waals surface area contributed by atoms with Gasteiger partial charge in [0.25, 0.3) is 6.01 Å². The highest BCUT2D eigenvalue weighted by atomic mass is 32.1. The molecule has 19 heavy (non-hydrogen) atoms. The summed E-state index contributed by atoms with van der Waals surface area (Å²) in [5, 5.41) is 0.935. The van der Waals surface area contributed by atoms with Crippen molar-refractivity contribution >= 4 is 23.1 Å². The number of nitrogens with one attached hydrogen (secondary N) is 1. The molecule has 0 atom stereocenters. The molecule has 1 aromatic heterocycles. The first-order valence-electron chi connectivity index (χ1n) is 5.99. The predicted molar refractivity (Wildman–Crippen MR) is 77.7 cm³/mol. The van der Waals surface area contributed by atoms with E-state index in [9.17, 15) is 0 Å². The van der Waals surface area contributed by atoms with E-state index in [1.165, 1.54) is 0 Å². The fraction of sp³-hybridized carbons (Fsp3) is 0.0667. The molecule has 0 aliphatic rings. The van der Waals surface area contributed by atoms with Gasteiger partial charge in [-0.1, -0.05) is 54.7 Å². The zero-order valence-electron chi connectivity index (χ0n) is 10.2. The Morgan fingerprint density at radius 3 is 2.58 bits per heavy atom. The van der Waals surface area contributed by atoms with Gasteiger partial charge in [-0.2, -0.15) is 4.98 Å². The Labute approximate surface area is 115 Å². The van der Waals surface area contributed by atoms with Gasteiger partial charge < -0.3 is 9.72 Å². The average molecular weight is 268 g/mol. The zero-order valence-corrected chi connectivity index (χ0v) is 11.0. The molecule has 1 heterocycles. The van der Waals surface area contributed by atoms with Gasteiger partial charge in [0.2, 0.25) is 0 Å². The maximum Gasteiger partial charge on any atom is 0.295 e. The molecule has 0 fully saturated rings. The monoisotopic (exact) mass is 268 g/mol. The lowest BCUT2D eigenvalue weighted by atomic mass is 10.2. The molecule has 3 nitrogen and oxygen atoms in total. The number of aromatic nitrogens is 2. The second-order valence-corrected chi connectivity index (χ2v) is 4.55. The van der Waals surface area contributed by atoms with Gasteiger partial charge in [0.1, 0.15) is 11.2 Å². The lowest BCUT2D eigenvalue weighted by molar-refractivity contribution is 0.281. The Hall–Kier alpha value is -2.20. The largest absolute Gasteiger partial charge is 0.460 e. The minimum Gasteiger partial charge on any atom is -0.460 e. The highest BCUT2D eigenvalue weighted by Crippen LogP contribution is 2.16. The molecule has 0 saturated carbocycles. The van der Waals surface area contributed by atoms with Crippen LogP contribution in [-0.4, -0.2) is 9.97 Å². The van der Waals surface area contributed by atoms with Gasteiger partial charge in [-0.25, -0.2) is 0 Å². The number of rotatable bonds is 3. The van der Waals surface area contributed by atoms with Crippen molar-refractivity contribution in [2.45, 2.75) is 6.61 Å². The van der Waals surface area contributed by atoms with Gasteiger partial charge >= 0.3 is 0 Å². The summed E-state index contributed by atoms with van der Waals surface area (Å²) >= 11 is 5.26. The van der Waals surface area contributed by atoms with E-state index in [1.807, 2.05) is 54.6 Å². The number of aromatic amines is 1. The number of ether oxygens (including phenoxy) is 1. The van der Waals surface area contributed by atoms with E-state index in [4.69, 9.17) is 17.0 Å². The van der Waals surface area contributed by atoms with Crippen LogP contribution in [0.4, 0.5) is 0 Å². The molecule has 0 radical (unpaired) electrons. The van der Waals surface area contributed by atoms with Crippen molar-refractivity contribution < 1.29 is 4.74 Å². The quantitative estimate of drug-likeness (QED) is 0.733. The molecule has 0 aliphatic heterocycles. The number of benzene rings is 2. The first kappa shape index (κ1) is 11.9. The summed E-state index contributed by atoms with van der Waals surface area (Å²) in [6, 6.07) is 18.2. The van der Waals surface area contributed by atoms with E-state index in [-0.39, 0.29) is 0 Å². The summed E-state index contributed by atoms with van der Waals surface area (Å²) in [5.41, 5.74) is 2.03. The standard InChI is InChI=1S/C15H12N2OS/c19-14-12-8-4-5-9-13(12)16-15(17-14)18-10-11-6-2-1-3-7-11/h1-9H,10H2,(H,16,17,19). The molecule has 0 saturated heterocycles. The summed E-state index contributed by atoms with van der Waals surface area (Å²) in [6.07, 6.45) is 0. The molecule has 0 spiro atoms. The van der Waals surface area contributed by atoms with Crippen LogP contribution in [0, 0.1) is 4.64 Å². The van der Waals surface area contributed by atoms with E-state index in [2.05, 4.69) is 9.97 Å². The third kappa shape index (κ3) is 2.63. The van der Waals surface area contributed by atoms with Gasteiger partial charge in [0, 0.05) is 5.39 Å². The lowest BCUT2D eigenvalue weighted by Gasteiger charge is -2.06. The van der Waals surface area contributed by atoms with Crippen LogP contribution in [0.15, 0.2) is 54.6 Å². The second kappa shape index (κ2) is 5.20. The fourth-order valence-electron chi connectivity index (χ4n) is 1.87. The highest BCUT2D eigenvalue weighted by Gasteiger charge is 2.01. The summed E-state index contributed by atoms with van der Waals surface area (Å²) in [4.78, 5) is 7.39. The number of hydrogen-bond acceptors (Lipinski definition) is 3. The van der Waals surface area contributed by atoms with Crippen LogP contribution < -0.4 is 4.74 Å². The van der Waals surface area contributed by atoms with Crippen molar-refractivity contribution in [1.29, 1.82) is 0 Å². The molecular weight excluding hydrogens is 256 g/mol. The molecule has 3 rings (SSSR count). The van der Waals surface area contributed by atoms with Crippen LogP contribution in [0.1, 0.15) is 5.56 Å². The summed E-state index contributed by atoms with van der Waals surface area (Å²) in [6.45, 7) is 0.470. The van der Waals surface area contributed by atoms with Crippen molar-refractivity contribution in [2.24, 2.45) is 0 Å². The maximum atomic E-state index is 5.65. The minimum absolute atomic E-state index is 0.451. The molecule has 4 heteroatoms. The van der Waals surface area contributed by atoms with E-state index >= 15 is 0 Å². The van der Waals surface area contributed by atoms with Gasteiger partial charge in [-0.05, 0) is 17.7 Å². The molecule has 0 aliphatic carbocycles. The number of para-hydroxylation sites is 1. The first-order valence-corrected chi connectivity index (χ1v) is 6.39. The Morgan fingerprint density at radius 1 is 1.00 bits per heavy atom. The highest BCUT2D eigenvalue weighted by molar-refractivity contribution is 7.71. The molecule has 0 amide bonds.